The fraction of sp³-hybridized carbons (Fsp3) is 0.667. The molecule has 0 saturated heterocycles. The van der Waals surface area contributed by atoms with Crippen molar-refractivity contribution in [2.45, 2.75) is 84.5 Å². The average Bonchev–Trinajstić information content (AvgIpc) is 2.51. The predicted molar refractivity (Wildman–Crippen MR) is 98.7 cm³/mol. The summed E-state index contributed by atoms with van der Waals surface area (Å²) in [6, 6.07) is 2.24. The SMILES string of the molecule is CCCCC/C=C\C/C=C\C/C=C\CCCCC(C)CC#N. The molecular formula is C21H35N. The lowest BCUT2D eigenvalue weighted by molar-refractivity contribution is 0.509. The zero-order valence-corrected chi connectivity index (χ0v) is 14.8. The third-order valence-corrected chi connectivity index (χ3v) is 3.78. The molecule has 0 bridgehead atoms. The van der Waals surface area contributed by atoms with Gasteiger partial charge in [-0.05, 0) is 50.9 Å². The van der Waals surface area contributed by atoms with Gasteiger partial charge in [-0.25, -0.2) is 0 Å². The van der Waals surface area contributed by atoms with Crippen LogP contribution in [-0.4, -0.2) is 0 Å². The molecule has 1 heteroatoms. The summed E-state index contributed by atoms with van der Waals surface area (Å²) in [5.74, 6) is 0.562. The van der Waals surface area contributed by atoms with Crippen molar-refractivity contribution >= 4 is 0 Å². The molecule has 1 nitrogen and oxygen atoms in total. The summed E-state index contributed by atoms with van der Waals surface area (Å²) < 4.78 is 0. The van der Waals surface area contributed by atoms with Crippen LogP contribution >= 0.6 is 0 Å². The molecule has 0 radical (unpaired) electrons. The van der Waals surface area contributed by atoms with Crippen molar-refractivity contribution in [2.75, 3.05) is 0 Å². The molecule has 0 aliphatic heterocycles. The molecule has 124 valence electrons. The Balaban J connectivity index is 3.36. The van der Waals surface area contributed by atoms with Gasteiger partial charge in [0.15, 0.2) is 0 Å². The second-order valence-electron chi connectivity index (χ2n) is 6.13. The Bertz CT molecular complexity index is 343. The fourth-order valence-electron chi connectivity index (χ4n) is 2.30. The quantitative estimate of drug-likeness (QED) is 0.247. The van der Waals surface area contributed by atoms with Crippen LogP contribution in [0.5, 0.6) is 0 Å². The first-order valence-corrected chi connectivity index (χ1v) is 9.13. The Kier molecular flexibility index (Phi) is 16.7. The standard InChI is InChI=1S/C21H35N/c1-3-4-5-6-7-8-9-10-11-12-13-14-15-16-17-18-21(2)19-20-22/h7-8,10-11,13-14,21H,3-6,9,12,15-19H2,1-2H3/b8-7-,11-10-,14-13-. The number of rotatable bonds is 14. The largest absolute Gasteiger partial charge is 0.198 e. The van der Waals surface area contributed by atoms with Gasteiger partial charge < -0.3 is 0 Å². The third-order valence-electron chi connectivity index (χ3n) is 3.78. The summed E-state index contributed by atoms with van der Waals surface area (Å²) in [4.78, 5) is 0. The van der Waals surface area contributed by atoms with E-state index >= 15 is 0 Å². The van der Waals surface area contributed by atoms with Crippen molar-refractivity contribution in [3.63, 3.8) is 0 Å². The summed E-state index contributed by atoms with van der Waals surface area (Å²) in [7, 11) is 0. The smallest absolute Gasteiger partial charge is 0.0624 e. The van der Waals surface area contributed by atoms with E-state index in [4.69, 9.17) is 5.26 Å². The fourth-order valence-corrected chi connectivity index (χ4v) is 2.30. The van der Waals surface area contributed by atoms with Gasteiger partial charge in [-0.2, -0.15) is 5.26 Å². The molecule has 0 aromatic heterocycles. The number of nitriles is 1. The summed E-state index contributed by atoms with van der Waals surface area (Å²) in [5, 5.41) is 8.59. The minimum Gasteiger partial charge on any atom is -0.198 e. The summed E-state index contributed by atoms with van der Waals surface area (Å²) in [6.45, 7) is 4.41. The second-order valence-corrected chi connectivity index (χ2v) is 6.13. The van der Waals surface area contributed by atoms with Crippen LogP contribution < -0.4 is 0 Å². The molecule has 0 amide bonds. The van der Waals surface area contributed by atoms with Crippen LogP contribution in [0.2, 0.25) is 0 Å². The first-order chi connectivity index (χ1) is 10.8. The minimum absolute atomic E-state index is 0.562. The van der Waals surface area contributed by atoms with Gasteiger partial charge in [0, 0.05) is 6.42 Å². The van der Waals surface area contributed by atoms with Crippen LogP contribution in [0.25, 0.3) is 0 Å². The minimum atomic E-state index is 0.562. The Morgan fingerprint density at radius 1 is 0.818 bits per heavy atom. The topological polar surface area (TPSA) is 23.8 Å². The van der Waals surface area contributed by atoms with Crippen molar-refractivity contribution in [2.24, 2.45) is 5.92 Å². The van der Waals surface area contributed by atoms with Crippen LogP contribution in [0.1, 0.15) is 84.5 Å². The van der Waals surface area contributed by atoms with E-state index in [2.05, 4.69) is 56.4 Å². The van der Waals surface area contributed by atoms with Crippen LogP contribution in [0, 0.1) is 17.2 Å². The van der Waals surface area contributed by atoms with Crippen LogP contribution in [0.3, 0.4) is 0 Å². The molecule has 0 heterocycles. The molecule has 0 aliphatic carbocycles. The molecule has 0 spiro atoms. The van der Waals surface area contributed by atoms with Gasteiger partial charge in [0.1, 0.15) is 0 Å². The van der Waals surface area contributed by atoms with E-state index in [1.54, 1.807) is 0 Å². The summed E-state index contributed by atoms with van der Waals surface area (Å²) >= 11 is 0. The van der Waals surface area contributed by atoms with Crippen LogP contribution in [0.4, 0.5) is 0 Å². The molecule has 0 aromatic rings. The Labute approximate surface area is 138 Å². The van der Waals surface area contributed by atoms with Gasteiger partial charge in [-0.3, -0.25) is 0 Å². The van der Waals surface area contributed by atoms with Gasteiger partial charge in [0.2, 0.25) is 0 Å². The third kappa shape index (κ3) is 16.8. The number of unbranched alkanes of at least 4 members (excludes halogenated alkanes) is 5. The van der Waals surface area contributed by atoms with Crippen LogP contribution in [-0.2, 0) is 0 Å². The first kappa shape index (κ1) is 20.7. The Hall–Kier alpha value is -1.29. The Morgan fingerprint density at radius 2 is 1.36 bits per heavy atom. The lowest BCUT2D eigenvalue weighted by Crippen LogP contribution is -1.92. The molecule has 0 N–H and O–H groups in total. The number of hydrogen-bond donors (Lipinski definition) is 0. The second kappa shape index (κ2) is 17.8. The highest BCUT2D eigenvalue weighted by molar-refractivity contribution is 4.97. The maximum absolute atomic E-state index is 8.59. The molecule has 1 atom stereocenters. The molecule has 0 fully saturated rings. The van der Waals surface area contributed by atoms with E-state index in [1.165, 1.54) is 51.4 Å². The first-order valence-electron chi connectivity index (χ1n) is 9.13. The van der Waals surface area contributed by atoms with Gasteiger partial charge >= 0.3 is 0 Å². The summed E-state index contributed by atoms with van der Waals surface area (Å²) in [6.07, 6.45) is 26.5. The van der Waals surface area contributed by atoms with E-state index in [0.717, 1.165) is 12.8 Å². The van der Waals surface area contributed by atoms with Crippen molar-refractivity contribution in [3.8, 4) is 6.07 Å². The molecule has 0 aromatic carbocycles. The highest BCUT2D eigenvalue weighted by atomic mass is 14.2. The van der Waals surface area contributed by atoms with Gasteiger partial charge in [-0.1, -0.05) is 69.6 Å². The average molecular weight is 302 g/mol. The molecule has 0 rings (SSSR count). The number of nitrogens with zero attached hydrogens (tertiary/aromatic N) is 1. The zero-order valence-electron chi connectivity index (χ0n) is 14.8. The predicted octanol–water partition coefficient (Wildman–Crippen LogP) is 7.13. The molecule has 0 saturated carbocycles. The monoisotopic (exact) mass is 301 g/mol. The molecule has 22 heavy (non-hydrogen) atoms. The number of hydrogen-bond acceptors (Lipinski definition) is 1. The van der Waals surface area contributed by atoms with Crippen molar-refractivity contribution in [3.05, 3.63) is 36.5 Å². The van der Waals surface area contributed by atoms with Gasteiger partial charge in [-0.15, -0.1) is 0 Å². The van der Waals surface area contributed by atoms with Crippen molar-refractivity contribution in [1.29, 1.82) is 5.26 Å². The van der Waals surface area contributed by atoms with E-state index < -0.39 is 0 Å². The van der Waals surface area contributed by atoms with Crippen LogP contribution in [0.15, 0.2) is 36.5 Å². The molecule has 1 unspecified atom stereocenters. The maximum Gasteiger partial charge on any atom is 0.0624 e. The number of allylic oxidation sites excluding steroid dienone is 6. The highest BCUT2D eigenvalue weighted by Crippen LogP contribution is 2.12. The van der Waals surface area contributed by atoms with Gasteiger partial charge in [0.25, 0.3) is 0 Å². The molecule has 0 aliphatic rings. The zero-order chi connectivity index (χ0) is 16.3. The lowest BCUT2D eigenvalue weighted by Gasteiger charge is -2.04. The van der Waals surface area contributed by atoms with E-state index in [-0.39, 0.29) is 0 Å². The van der Waals surface area contributed by atoms with Gasteiger partial charge in [0.05, 0.1) is 6.07 Å². The van der Waals surface area contributed by atoms with E-state index in [1.807, 2.05) is 0 Å². The normalized spacial score (nSPS) is 13.3. The van der Waals surface area contributed by atoms with E-state index in [9.17, 15) is 0 Å². The lowest BCUT2D eigenvalue weighted by atomic mass is 10.0. The maximum atomic E-state index is 8.59. The molecular weight excluding hydrogens is 266 g/mol. The van der Waals surface area contributed by atoms with E-state index in [0.29, 0.717) is 12.3 Å². The highest BCUT2D eigenvalue weighted by Gasteiger charge is 1.99. The summed E-state index contributed by atoms with van der Waals surface area (Å²) in [5.41, 5.74) is 0. The Morgan fingerprint density at radius 3 is 1.91 bits per heavy atom. The van der Waals surface area contributed by atoms with Crippen molar-refractivity contribution < 1.29 is 0 Å². The van der Waals surface area contributed by atoms with Crippen molar-refractivity contribution in [1.82, 2.24) is 0 Å².